The average molecular weight is 240 g/mol. The molecular formula is C12H10F2OS. The van der Waals surface area contributed by atoms with Gasteiger partial charge in [-0.2, -0.15) is 11.3 Å². The van der Waals surface area contributed by atoms with Gasteiger partial charge in [0.25, 0.3) is 0 Å². The molecule has 1 nitrogen and oxygen atoms in total. The van der Waals surface area contributed by atoms with Crippen molar-refractivity contribution in [3.8, 4) is 0 Å². The van der Waals surface area contributed by atoms with Crippen molar-refractivity contribution in [2.24, 2.45) is 0 Å². The Morgan fingerprint density at radius 3 is 2.62 bits per heavy atom. The zero-order valence-electron chi connectivity index (χ0n) is 8.58. The molecule has 16 heavy (non-hydrogen) atoms. The SMILES string of the molecule is Cc1ccc(F)c(C(O)c2ccsc2)c1F. The van der Waals surface area contributed by atoms with Crippen LogP contribution in [0, 0.1) is 18.6 Å². The standard InChI is InChI=1S/C12H10F2OS/c1-7-2-3-9(13)10(11(7)14)12(15)8-4-5-16-6-8/h2-6,12,15H,1H3. The number of hydrogen-bond donors (Lipinski definition) is 1. The van der Waals surface area contributed by atoms with Crippen molar-refractivity contribution in [3.05, 3.63) is 57.3 Å². The van der Waals surface area contributed by atoms with E-state index in [-0.39, 0.29) is 5.56 Å². The van der Waals surface area contributed by atoms with Gasteiger partial charge >= 0.3 is 0 Å². The normalized spacial score (nSPS) is 12.8. The molecule has 0 aliphatic heterocycles. The van der Waals surface area contributed by atoms with Crippen LogP contribution in [-0.2, 0) is 0 Å². The van der Waals surface area contributed by atoms with Gasteiger partial charge in [0.15, 0.2) is 0 Å². The van der Waals surface area contributed by atoms with E-state index in [2.05, 4.69) is 0 Å². The van der Waals surface area contributed by atoms with Crippen LogP contribution in [0.4, 0.5) is 8.78 Å². The highest BCUT2D eigenvalue weighted by Gasteiger charge is 2.21. The lowest BCUT2D eigenvalue weighted by Gasteiger charge is -2.12. The quantitative estimate of drug-likeness (QED) is 0.852. The van der Waals surface area contributed by atoms with Gasteiger partial charge in [0.1, 0.15) is 17.7 Å². The minimum Gasteiger partial charge on any atom is -0.383 e. The molecule has 0 fully saturated rings. The summed E-state index contributed by atoms with van der Waals surface area (Å²) in [4.78, 5) is 0. The molecule has 0 amide bonds. The Hall–Kier alpha value is -1.26. The second-order valence-corrected chi connectivity index (χ2v) is 4.33. The molecule has 1 unspecified atom stereocenters. The third-order valence-corrected chi connectivity index (χ3v) is 3.15. The molecule has 0 spiro atoms. The molecule has 1 N–H and O–H groups in total. The van der Waals surface area contributed by atoms with Crippen LogP contribution in [0.2, 0.25) is 0 Å². The van der Waals surface area contributed by atoms with Crippen LogP contribution in [0.3, 0.4) is 0 Å². The monoisotopic (exact) mass is 240 g/mol. The topological polar surface area (TPSA) is 20.2 Å². The van der Waals surface area contributed by atoms with Gasteiger partial charge < -0.3 is 5.11 Å². The number of halogens is 2. The van der Waals surface area contributed by atoms with Crippen LogP contribution >= 0.6 is 11.3 Å². The first-order valence-electron chi connectivity index (χ1n) is 4.76. The van der Waals surface area contributed by atoms with E-state index >= 15 is 0 Å². The fourth-order valence-corrected chi connectivity index (χ4v) is 2.21. The summed E-state index contributed by atoms with van der Waals surface area (Å²) < 4.78 is 27.2. The first-order valence-corrected chi connectivity index (χ1v) is 5.70. The number of hydrogen-bond acceptors (Lipinski definition) is 2. The van der Waals surface area contributed by atoms with E-state index in [0.717, 1.165) is 0 Å². The van der Waals surface area contributed by atoms with Crippen LogP contribution in [0.25, 0.3) is 0 Å². The molecule has 2 rings (SSSR count). The number of benzene rings is 1. The van der Waals surface area contributed by atoms with Gasteiger partial charge in [0.2, 0.25) is 0 Å². The lowest BCUT2D eigenvalue weighted by molar-refractivity contribution is 0.209. The van der Waals surface area contributed by atoms with Gasteiger partial charge in [-0.15, -0.1) is 0 Å². The molecule has 0 aliphatic rings. The van der Waals surface area contributed by atoms with E-state index < -0.39 is 17.7 Å². The third-order valence-electron chi connectivity index (χ3n) is 2.45. The fraction of sp³-hybridized carbons (Fsp3) is 0.167. The maximum atomic E-state index is 13.7. The average Bonchev–Trinajstić information content (AvgIpc) is 2.77. The smallest absolute Gasteiger partial charge is 0.135 e. The number of thiophene rings is 1. The maximum Gasteiger partial charge on any atom is 0.135 e. The minimum absolute atomic E-state index is 0.279. The van der Waals surface area contributed by atoms with Gasteiger partial charge in [-0.25, -0.2) is 8.78 Å². The predicted octanol–water partition coefficient (Wildman–Crippen LogP) is 3.42. The van der Waals surface area contributed by atoms with Crippen molar-refractivity contribution in [2.75, 3.05) is 0 Å². The molecule has 0 radical (unpaired) electrons. The summed E-state index contributed by atoms with van der Waals surface area (Å²) in [5.74, 6) is -1.40. The molecule has 4 heteroatoms. The minimum atomic E-state index is -1.24. The van der Waals surface area contributed by atoms with Gasteiger partial charge in [-0.3, -0.25) is 0 Å². The molecule has 84 valence electrons. The predicted molar refractivity (Wildman–Crippen MR) is 59.5 cm³/mol. The van der Waals surface area contributed by atoms with Crippen molar-refractivity contribution in [2.45, 2.75) is 13.0 Å². The second-order valence-electron chi connectivity index (χ2n) is 3.55. The molecular weight excluding hydrogens is 230 g/mol. The molecule has 0 saturated carbocycles. The largest absolute Gasteiger partial charge is 0.383 e. The highest BCUT2D eigenvalue weighted by atomic mass is 32.1. The Morgan fingerprint density at radius 2 is 2.00 bits per heavy atom. The highest BCUT2D eigenvalue weighted by Crippen LogP contribution is 2.29. The maximum absolute atomic E-state index is 13.7. The highest BCUT2D eigenvalue weighted by molar-refractivity contribution is 7.07. The van der Waals surface area contributed by atoms with Crippen LogP contribution in [0.5, 0.6) is 0 Å². The third kappa shape index (κ3) is 1.86. The zero-order chi connectivity index (χ0) is 11.7. The Balaban J connectivity index is 2.52. The molecule has 0 bridgehead atoms. The van der Waals surface area contributed by atoms with Gasteiger partial charge in [-0.05, 0) is 40.9 Å². The van der Waals surface area contributed by atoms with E-state index in [4.69, 9.17) is 0 Å². The Bertz CT molecular complexity index is 494. The summed E-state index contributed by atoms with van der Waals surface area (Å²) in [5.41, 5.74) is 0.553. The van der Waals surface area contributed by atoms with Crippen molar-refractivity contribution in [1.29, 1.82) is 0 Å². The Labute approximate surface area is 96.0 Å². The lowest BCUT2D eigenvalue weighted by atomic mass is 10.0. The van der Waals surface area contributed by atoms with Crippen LogP contribution < -0.4 is 0 Å². The number of aliphatic hydroxyl groups excluding tert-OH is 1. The number of aliphatic hydroxyl groups is 1. The molecule has 0 aliphatic carbocycles. The van der Waals surface area contributed by atoms with Crippen molar-refractivity contribution < 1.29 is 13.9 Å². The van der Waals surface area contributed by atoms with Crippen molar-refractivity contribution in [3.63, 3.8) is 0 Å². The van der Waals surface area contributed by atoms with Crippen LogP contribution in [0.15, 0.2) is 29.0 Å². The fourth-order valence-electron chi connectivity index (χ4n) is 1.53. The van der Waals surface area contributed by atoms with E-state index in [1.54, 1.807) is 23.8 Å². The summed E-state index contributed by atoms with van der Waals surface area (Å²) in [7, 11) is 0. The van der Waals surface area contributed by atoms with Crippen LogP contribution in [-0.4, -0.2) is 5.11 Å². The van der Waals surface area contributed by atoms with Gasteiger partial charge in [0, 0.05) is 0 Å². The molecule has 1 heterocycles. The lowest BCUT2D eigenvalue weighted by Crippen LogP contribution is -2.06. The van der Waals surface area contributed by atoms with Crippen molar-refractivity contribution >= 4 is 11.3 Å². The van der Waals surface area contributed by atoms with E-state index in [1.807, 2.05) is 0 Å². The van der Waals surface area contributed by atoms with Gasteiger partial charge in [0.05, 0.1) is 5.56 Å². The number of aryl methyl sites for hydroxylation is 1. The van der Waals surface area contributed by atoms with E-state index in [1.165, 1.54) is 23.5 Å². The summed E-state index contributed by atoms with van der Waals surface area (Å²) >= 11 is 1.37. The van der Waals surface area contributed by atoms with Crippen LogP contribution in [0.1, 0.15) is 22.8 Å². The Kier molecular flexibility index (Phi) is 3.03. The molecule has 2 aromatic rings. The zero-order valence-corrected chi connectivity index (χ0v) is 9.39. The summed E-state index contributed by atoms with van der Waals surface area (Å²) in [5, 5.41) is 13.3. The summed E-state index contributed by atoms with van der Waals surface area (Å²) in [6.07, 6.45) is -1.24. The van der Waals surface area contributed by atoms with E-state index in [9.17, 15) is 13.9 Å². The summed E-state index contributed by atoms with van der Waals surface area (Å²) in [6, 6.07) is 4.17. The first-order chi connectivity index (χ1) is 7.61. The second kappa shape index (κ2) is 4.31. The first kappa shape index (κ1) is 11.2. The van der Waals surface area contributed by atoms with E-state index in [0.29, 0.717) is 11.1 Å². The molecule has 1 atom stereocenters. The van der Waals surface area contributed by atoms with Crippen molar-refractivity contribution in [1.82, 2.24) is 0 Å². The number of rotatable bonds is 2. The molecule has 1 aromatic heterocycles. The molecule has 0 saturated heterocycles. The Morgan fingerprint density at radius 1 is 1.25 bits per heavy atom. The molecule has 1 aromatic carbocycles. The summed E-state index contributed by atoms with van der Waals surface area (Å²) in [6.45, 7) is 1.54. The van der Waals surface area contributed by atoms with Gasteiger partial charge in [-0.1, -0.05) is 6.07 Å².